The fourth-order valence-electron chi connectivity index (χ4n) is 8.06. The van der Waals surface area contributed by atoms with E-state index < -0.39 is 0 Å². The average Bonchev–Trinajstić information content (AvgIpc) is 3.47. The van der Waals surface area contributed by atoms with Gasteiger partial charge in [0.15, 0.2) is 0 Å². The lowest BCUT2D eigenvalue weighted by molar-refractivity contribution is 1.18. The molecule has 0 saturated heterocycles. The van der Waals surface area contributed by atoms with Gasteiger partial charge in [0, 0.05) is 27.2 Å². The molecule has 2 nitrogen and oxygen atoms in total. The SMILES string of the molecule is c1ccc(-n2c3ccc(-c4ccc5c(c4)sc4cccc6c4-n5c4cccc5cccc6c54)cc3c3c4ccccc4ccc32)cc1. The lowest BCUT2D eigenvalue weighted by Crippen LogP contribution is -2.04. The van der Waals surface area contributed by atoms with Crippen molar-refractivity contribution in [2.45, 2.75) is 0 Å². The molecule has 3 heteroatoms. The van der Waals surface area contributed by atoms with Crippen LogP contribution in [0.3, 0.4) is 0 Å². The average molecular weight is 615 g/mol. The van der Waals surface area contributed by atoms with Gasteiger partial charge in [-0.25, -0.2) is 0 Å². The molecule has 0 atom stereocenters. The monoisotopic (exact) mass is 614 g/mol. The summed E-state index contributed by atoms with van der Waals surface area (Å²) in [5, 5.41) is 10.4. The second-order valence-corrected chi connectivity index (χ2v) is 13.6. The Kier molecular flexibility index (Phi) is 5.02. The van der Waals surface area contributed by atoms with Gasteiger partial charge in [-0.2, -0.15) is 0 Å². The zero-order chi connectivity index (χ0) is 30.6. The molecular formula is C44H26N2S. The van der Waals surface area contributed by atoms with Gasteiger partial charge in [-0.15, -0.1) is 11.3 Å². The molecule has 0 N–H and O–H groups in total. The first-order valence-electron chi connectivity index (χ1n) is 16.1. The number of fused-ring (bicyclic) bond motifs is 9. The Bertz CT molecular complexity index is 3010. The van der Waals surface area contributed by atoms with E-state index in [1.165, 1.54) is 97.1 Å². The second kappa shape index (κ2) is 9.32. The third kappa shape index (κ3) is 3.44. The Morgan fingerprint density at radius 1 is 0.362 bits per heavy atom. The van der Waals surface area contributed by atoms with Crippen molar-refractivity contribution < 1.29 is 0 Å². The molecule has 0 amide bonds. The molecule has 47 heavy (non-hydrogen) atoms. The third-order valence-electron chi connectivity index (χ3n) is 10.1. The van der Waals surface area contributed by atoms with Gasteiger partial charge in [-0.3, -0.25) is 0 Å². The van der Waals surface area contributed by atoms with Crippen LogP contribution in [-0.2, 0) is 0 Å². The van der Waals surface area contributed by atoms with Crippen LogP contribution in [0.25, 0.3) is 97.1 Å². The molecule has 0 saturated carbocycles. The van der Waals surface area contributed by atoms with E-state index in [-0.39, 0.29) is 0 Å². The van der Waals surface area contributed by atoms with Crippen LogP contribution in [0.5, 0.6) is 0 Å². The molecule has 0 fully saturated rings. The van der Waals surface area contributed by atoms with E-state index in [9.17, 15) is 0 Å². The summed E-state index contributed by atoms with van der Waals surface area (Å²) >= 11 is 1.89. The van der Waals surface area contributed by atoms with Crippen LogP contribution in [-0.4, -0.2) is 9.13 Å². The molecule has 0 radical (unpaired) electrons. The minimum absolute atomic E-state index is 1.18. The van der Waals surface area contributed by atoms with E-state index >= 15 is 0 Å². The maximum absolute atomic E-state index is 2.50. The van der Waals surface area contributed by atoms with Crippen LogP contribution in [0.2, 0.25) is 0 Å². The molecule has 8 aromatic carbocycles. The normalized spacial score (nSPS) is 12.3. The van der Waals surface area contributed by atoms with Crippen LogP contribution < -0.4 is 0 Å². The molecular weight excluding hydrogens is 589 g/mol. The summed E-state index contributed by atoms with van der Waals surface area (Å²) in [6, 6.07) is 58.2. The van der Waals surface area contributed by atoms with Gasteiger partial charge in [0.1, 0.15) is 0 Å². The summed E-state index contributed by atoms with van der Waals surface area (Å²) in [6.45, 7) is 0. The fourth-order valence-corrected chi connectivity index (χ4v) is 9.19. The van der Waals surface area contributed by atoms with Gasteiger partial charge in [0.2, 0.25) is 0 Å². The first kappa shape index (κ1) is 25.3. The van der Waals surface area contributed by atoms with Gasteiger partial charge in [-0.1, -0.05) is 103 Å². The molecule has 2 aliphatic heterocycles. The number of rotatable bonds is 2. The number of pyridine rings is 1. The number of hydrogen-bond acceptors (Lipinski definition) is 1. The van der Waals surface area contributed by atoms with E-state index in [0.717, 1.165) is 0 Å². The zero-order valence-corrected chi connectivity index (χ0v) is 26.1. The highest BCUT2D eigenvalue weighted by molar-refractivity contribution is 7.24. The summed E-state index contributed by atoms with van der Waals surface area (Å²) in [5.41, 5.74) is 9.89. The Balaban J connectivity index is 1.20. The van der Waals surface area contributed by atoms with Crippen molar-refractivity contribution in [1.82, 2.24) is 9.13 Å². The van der Waals surface area contributed by atoms with Gasteiger partial charge < -0.3 is 9.13 Å². The van der Waals surface area contributed by atoms with E-state index in [1.54, 1.807) is 0 Å². The summed E-state index contributed by atoms with van der Waals surface area (Å²) < 4.78 is 7.48. The van der Waals surface area contributed by atoms with Crippen LogP contribution in [0, 0.1) is 0 Å². The summed E-state index contributed by atoms with van der Waals surface area (Å²) in [6.07, 6.45) is 0. The fraction of sp³-hybridized carbons (Fsp3) is 0. The minimum Gasteiger partial charge on any atom is -0.309 e. The van der Waals surface area contributed by atoms with Crippen molar-refractivity contribution in [3.8, 4) is 22.5 Å². The molecule has 0 spiro atoms. The predicted octanol–water partition coefficient (Wildman–Crippen LogP) is 12.5. The number of benzene rings is 8. The molecule has 218 valence electrons. The molecule has 3 heterocycles. The van der Waals surface area contributed by atoms with Gasteiger partial charge in [0.25, 0.3) is 0 Å². The number of aromatic nitrogens is 2. The topological polar surface area (TPSA) is 9.86 Å². The Morgan fingerprint density at radius 2 is 1.04 bits per heavy atom. The number of para-hydroxylation sites is 2. The van der Waals surface area contributed by atoms with Gasteiger partial charge in [-0.05, 0) is 87.3 Å². The Labute approximate surface area is 274 Å². The van der Waals surface area contributed by atoms with E-state index in [4.69, 9.17) is 0 Å². The Morgan fingerprint density at radius 3 is 1.96 bits per heavy atom. The number of hydrogen-bond donors (Lipinski definition) is 0. The highest BCUT2D eigenvalue weighted by Crippen LogP contribution is 2.44. The van der Waals surface area contributed by atoms with Gasteiger partial charge >= 0.3 is 0 Å². The Hall–Kier alpha value is -5.90. The van der Waals surface area contributed by atoms with Crippen molar-refractivity contribution in [2.24, 2.45) is 0 Å². The largest absolute Gasteiger partial charge is 0.309 e. The summed E-state index contributed by atoms with van der Waals surface area (Å²) in [7, 11) is 0. The quantitative estimate of drug-likeness (QED) is 0.135. The van der Waals surface area contributed by atoms with Crippen molar-refractivity contribution in [3.63, 3.8) is 0 Å². The molecule has 1 aromatic heterocycles. The van der Waals surface area contributed by atoms with Gasteiger partial charge in [0.05, 0.1) is 37.2 Å². The molecule has 0 aliphatic carbocycles. The second-order valence-electron chi connectivity index (χ2n) is 12.5. The van der Waals surface area contributed by atoms with Crippen molar-refractivity contribution in [1.29, 1.82) is 0 Å². The van der Waals surface area contributed by atoms with Crippen molar-refractivity contribution >= 4 is 85.9 Å². The van der Waals surface area contributed by atoms with Crippen molar-refractivity contribution in [2.75, 3.05) is 0 Å². The highest BCUT2D eigenvalue weighted by Gasteiger charge is 2.20. The maximum atomic E-state index is 2.50. The number of nitrogens with zero attached hydrogens (tertiary/aromatic N) is 2. The molecule has 9 aromatic rings. The third-order valence-corrected chi connectivity index (χ3v) is 11.2. The van der Waals surface area contributed by atoms with Crippen LogP contribution in [0.4, 0.5) is 0 Å². The first-order chi connectivity index (χ1) is 23.3. The summed E-state index contributed by atoms with van der Waals surface area (Å²) in [5.74, 6) is 0. The lowest BCUT2D eigenvalue weighted by atomic mass is 9.98. The van der Waals surface area contributed by atoms with Crippen molar-refractivity contribution in [3.05, 3.63) is 158 Å². The predicted molar refractivity (Wildman–Crippen MR) is 202 cm³/mol. The van der Waals surface area contributed by atoms with E-state index in [0.29, 0.717) is 0 Å². The van der Waals surface area contributed by atoms with Crippen LogP contribution >= 0.6 is 11.3 Å². The van der Waals surface area contributed by atoms with E-state index in [2.05, 4.69) is 167 Å². The zero-order valence-electron chi connectivity index (χ0n) is 25.3. The van der Waals surface area contributed by atoms with Crippen LogP contribution in [0.1, 0.15) is 0 Å². The minimum atomic E-state index is 1.18. The first-order valence-corrected chi connectivity index (χ1v) is 16.9. The summed E-state index contributed by atoms with van der Waals surface area (Å²) in [4.78, 5) is 0. The standard InChI is InChI=1S/C44H26N2S/c1-2-12-31(13-3-1)45-36-22-20-29(25-35(36)43-32-14-5-4-9-27(32)19-24-39(43)45)30-21-23-37-41(26-30)47-40-18-8-16-34-33-15-6-10-28-11-7-17-38(42(28)33)46(37)44(34)40/h1-26H. The van der Waals surface area contributed by atoms with Crippen LogP contribution in [0.15, 0.2) is 158 Å². The lowest BCUT2D eigenvalue weighted by Gasteiger charge is -2.23. The molecule has 0 bridgehead atoms. The highest BCUT2D eigenvalue weighted by atomic mass is 32.1. The smallest absolute Gasteiger partial charge is 0.0713 e. The maximum Gasteiger partial charge on any atom is 0.0713 e. The molecule has 2 aliphatic rings. The molecule has 11 rings (SSSR count). The molecule has 0 unspecified atom stereocenters. The van der Waals surface area contributed by atoms with E-state index in [1.807, 2.05) is 11.3 Å².